The van der Waals surface area contributed by atoms with E-state index in [4.69, 9.17) is 23.2 Å². The molecule has 0 saturated carbocycles. The van der Waals surface area contributed by atoms with Crippen molar-refractivity contribution in [3.63, 3.8) is 0 Å². The highest BCUT2D eigenvalue weighted by Gasteiger charge is 1.99. The molecule has 0 fully saturated rings. The number of anilines is 1. The van der Waals surface area contributed by atoms with Gasteiger partial charge in [0, 0.05) is 0 Å². The molecule has 25 heavy (non-hydrogen) atoms. The van der Waals surface area contributed by atoms with E-state index in [1.807, 2.05) is 60.7 Å². The monoisotopic (exact) mass is 374 g/mol. The maximum Gasteiger partial charge on any atom is 0.0607 e. The Hall–Kier alpha value is -1.77. The zero-order chi connectivity index (χ0) is 17.9. The van der Waals surface area contributed by atoms with E-state index < -0.39 is 0 Å². The number of hydrogen-bond donors (Lipinski definition) is 1. The Morgan fingerprint density at radius 1 is 1.00 bits per heavy atom. The average Bonchev–Trinajstić information content (AvgIpc) is 2.64. The number of benzene rings is 2. The highest BCUT2D eigenvalue weighted by Crippen LogP contribution is 2.23. The zero-order valence-electron chi connectivity index (χ0n) is 14.5. The molecule has 0 saturated heterocycles. The molecule has 0 spiro atoms. The molecule has 0 aromatic heterocycles. The summed E-state index contributed by atoms with van der Waals surface area (Å²) in [5.74, 6) is 0. The second kappa shape index (κ2) is 11.0. The molecule has 0 atom stereocenters. The van der Waals surface area contributed by atoms with Crippen LogP contribution in [0.15, 0.2) is 59.7 Å². The number of allylic oxidation sites excluding steroid dienone is 1. The zero-order valence-corrected chi connectivity index (χ0v) is 16.0. The van der Waals surface area contributed by atoms with Crippen LogP contribution in [-0.4, -0.2) is 5.71 Å². The lowest BCUT2D eigenvalue weighted by Crippen LogP contribution is -1.99. The Kier molecular flexibility index (Phi) is 8.58. The van der Waals surface area contributed by atoms with Gasteiger partial charge in [-0.3, -0.25) is 5.43 Å². The summed E-state index contributed by atoms with van der Waals surface area (Å²) >= 11 is 12.0. The maximum absolute atomic E-state index is 6.08. The molecule has 4 heteroatoms. The quantitative estimate of drug-likeness (QED) is 0.275. The summed E-state index contributed by atoms with van der Waals surface area (Å²) in [5.41, 5.74) is 6.14. The minimum Gasteiger partial charge on any atom is -0.278 e. The van der Waals surface area contributed by atoms with Gasteiger partial charge in [0.2, 0.25) is 0 Å². The molecule has 0 aliphatic rings. The summed E-state index contributed by atoms with van der Waals surface area (Å²) in [6.07, 6.45) is 9.85. The van der Waals surface area contributed by atoms with Crippen LogP contribution in [0, 0.1) is 0 Å². The first kappa shape index (κ1) is 19.6. The number of nitrogens with one attached hydrogen (secondary N) is 1. The number of halogens is 2. The molecule has 0 radical (unpaired) electrons. The van der Waals surface area contributed by atoms with Crippen LogP contribution in [0.25, 0.3) is 6.08 Å². The van der Waals surface area contributed by atoms with Gasteiger partial charge < -0.3 is 0 Å². The summed E-state index contributed by atoms with van der Waals surface area (Å²) in [6, 6.07) is 15.6. The highest BCUT2D eigenvalue weighted by atomic mass is 35.5. The molecular weight excluding hydrogens is 351 g/mol. The van der Waals surface area contributed by atoms with Crippen LogP contribution in [0.2, 0.25) is 10.0 Å². The van der Waals surface area contributed by atoms with E-state index in [0.29, 0.717) is 10.0 Å². The molecule has 2 aromatic rings. The lowest BCUT2D eigenvalue weighted by Gasteiger charge is -2.05. The van der Waals surface area contributed by atoms with Gasteiger partial charge in [-0.15, -0.1) is 0 Å². The van der Waals surface area contributed by atoms with Crippen molar-refractivity contribution < 1.29 is 0 Å². The second-order valence-electron chi connectivity index (χ2n) is 5.90. The molecule has 2 rings (SSSR count). The van der Waals surface area contributed by atoms with Crippen LogP contribution in [0.5, 0.6) is 0 Å². The molecule has 2 nitrogen and oxygen atoms in total. The Morgan fingerprint density at radius 3 is 2.52 bits per heavy atom. The first-order valence-electron chi connectivity index (χ1n) is 8.70. The molecule has 0 unspecified atom stereocenters. The number of para-hydroxylation sites is 1. The Bertz CT molecular complexity index is 709. The van der Waals surface area contributed by atoms with Crippen LogP contribution >= 0.6 is 23.2 Å². The van der Waals surface area contributed by atoms with Gasteiger partial charge in [-0.1, -0.05) is 79.7 Å². The normalized spacial score (nSPS) is 11.9. The van der Waals surface area contributed by atoms with Crippen molar-refractivity contribution in [3.05, 3.63) is 70.2 Å². The van der Waals surface area contributed by atoms with E-state index in [-0.39, 0.29) is 0 Å². The lowest BCUT2D eigenvalue weighted by molar-refractivity contribution is 0.683. The van der Waals surface area contributed by atoms with Gasteiger partial charge in [0.15, 0.2) is 0 Å². The number of hydrogen-bond acceptors (Lipinski definition) is 2. The highest BCUT2D eigenvalue weighted by molar-refractivity contribution is 6.42. The average molecular weight is 375 g/mol. The van der Waals surface area contributed by atoms with Gasteiger partial charge in [0.1, 0.15) is 0 Å². The second-order valence-corrected chi connectivity index (χ2v) is 6.71. The van der Waals surface area contributed by atoms with Crippen molar-refractivity contribution in [3.8, 4) is 0 Å². The number of unbranched alkanes of at least 4 members (excludes halogenated alkanes) is 3. The molecular formula is C21H24Cl2N2. The Balaban J connectivity index is 2.06. The minimum absolute atomic E-state index is 0.563. The number of rotatable bonds is 9. The van der Waals surface area contributed by atoms with Crippen LogP contribution in [0.1, 0.15) is 44.6 Å². The maximum atomic E-state index is 6.08. The predicted molar refractivity (Wildman–Crippen MR) is 112 cm³/mol. The van der Waals surface area contributed by atoms with Gasteiger partial charge >= 0.3 is 0 Å². The summed E-state index contributed by atoms with van der Waals surface area (Å²) in [7, 11) is 0. The van der Waals surface area contributed by atoms with Crippen LogP contribution in [-0.2, 0) is 0 Å². The van der Waals surface area contributed by atoms with Crippen LogP contribution < -0.4 is 5.43 Å². The third kappa shape index (κ3) is 7.33. The topological polar surface area (TPSA) is 24.4 Å². The fraction of sp³-hybridized carbons (Fsp3) is 0.286. The summed E-state index contributed by atoms with van der Waals surface area (Å²) in [6.45, 7) is 2.22. The fourth-order valence-electron chi connectivity index (χ4n) is 2.37. The number of hydrazone groups is 1. The summed E-state index contributed by atoms with van der Waals surface area (Å²) < 4.78 is 0. The third-order valence-electron chi connectivity index (χ3n) is 3.80. The molecule has 0 heterocycles. The van der Waals surface area contributed by atoms with E-state index >= 15 is 0 Å². The fourth-order valence-corrected chi connectivity index (χ4v) is 2.67. The minimum atomic E-state index is 0.563. The molecule has 0 amide bonds. The van der Waals surface area contributed by atoms with E-state index in [9.17, 15) is 0 Å². The van der Waals surface area contributed by atoms with Crippen molar-refractivity contribution in [2.24, 2.45) is 5.10 Å². The SMILES string of the molecule is CCCCCCC(/C=C/c1ccc(Cl)c(Cl)c1)=N/Nc1ccccc1. The van der Waals surface area contributed by atoms with Gasteiger partial charge in [-0.25, -0.2) is 0 Å². The first-order chi connectivity index (χ1) is 12.2. The van der Waals surface area contributed by atoms with Crippen LogP contribution in [0.4, 0.5) is 5.69 Å². The molecule has 2 aromatic carbocycles. The van der Waals surface area contributed by atoms with E-state index in [1.54, 1.807) is 0 Å². The summed E-state index contributed by atoms with van der Waals surface area (Å²) in [4.78, 5) is 0. The van der Waals surface area contributed by atoms with Crippen molar-refractivity contribution >= 4 is 40.7 Å². The van der Waals surface area contributed by atoms with Crippen LogP contribution in [0.3, 0.4) is 0 Å². The standard InChI is InChI=1S/C21H24Cl2N2/c1-2-3-4-6-11-19(25-24-18-9-7-5-8-10-18)14-12-17-13-15-20(22)21(23)16-17/h5,7-10,12-16,24H,2-4,6,11H2,1H3/b14-12+,25-19-. The van der Waals surface area contributed by atoms with Gasteiger partial charge in [0.25, 0.3) is 0 Å². The largest absolute Gasteiger partial charge is 0.278 e. The summed E-state index contributed by atoms with van der Waals surface area (Å²) in [5, 5.41) is 5.70. The van der Waals surface area contributed by atoms with Gasteiger partial charge in [-0.2, -0.15) is 5.10 Å². The molecule has 0 bridgehead atoms. The van der Waals surface area contributed by atoms with Crippen molar-refractivity contribution in [2.45, 2.75) is 39.0 Å². The van der Waals surface area contributed by atoms with Crippen molar-refractivity contribution in [1.29, 1.82) is 0 Å². The Morgan fingerprint density at radius 2 is 1.80 bits per heavy atom. The van der Waals surface area contributed by atoms with Crippen molar-refractivity contribution in [2.75, 3.05) is 5.43 Å². The molecule has 132 valence electrons. The molecule has 1 N–H and O–H groups in total. The van der Waals surface area contributed by atoms with E-state index in [1.165, 1.54) is 19.3 Å². The molecule has 0 aliphatic heterocycles. The molecule has 0 aliphatic carbocycles. The number of nitrogens with zero attached hydrogens (tertiary/aromatic N) is 1. The van der Waals surface area contributed by atoms with Gasteiger partial charge in [-0.05, 0) is 48.7 Å². The van der Waals surface area contributed by atoms with Gasteiger partial charge in [0.05, 0.1) is 21.4 Å². The first-order valence-corrected chi connectivity index (χ1v) is 9.45. The predicted octanol–water partition coefficient (Wildman–Crippen LogP) is 7.45. The van der Waals surface area contributed by atoms with Crippen molar-refractivity contribution in [1.82, 2.24) is 0 Å². The third-order valence-corrected chi connectivity index (χ3v) is 4.54. The Labute approximate surface area is 160 Å². The van der Waals surface area contributed by atoms with E-state index in [2.05, 4.69) is 17.5 Å². The lowest BCUT2D eigenvalue weighted by atomic mass is 10.1. The smallest absolute Gasteiger partial charge is 0.0607 e. The van der Waals surface area contributed by atoms with E-state index in [0.717, 1.165) is 29.8 Å².